The highest BCUT2D eigenvalue weighted by Crippen LogP contribution is 2.30. The molecule has 0 aliphatic heterocycles. The third-order valence-electron chi connectivity index (χ3n) is 3.40. The highest BCUT2D eigenvalue weighted by molar-refractivity contribution is 6.31. The van der Waals surface area contributed by atoms with E-state index in [1.165, 1.54) is 5.39 Å². The highest BCUT2D eigenvalue weighted by Gasteiger charge is 2.07. The minimum Gasteiger partial charge on any atom is -0.316 e. The fourth-order valence-corrected chi connectivity index (χ4v) is 2.64. The molecule has 0 saturated heterocycles. The molecule has 1 N–H and O–H groups in total. The monoisotopic (exact) mass is 282 g/mol. The van der Waals surface area contributed by atoms with Gasteiger partial charge in [0.2, 0.25) is 0 Å². The quantitative estimate of drug-likeness (QED) is 0.776. The van der Waals surface area contributed by atoms with Crippen molar-refractivity contribution in [2.45, 2.75) is 6.54 Å². The topological polar surface area (TPSA) is 24.9 Å². The Bertz CT molecular complexity index is 748. The van der Waals surface area contributed by atoms with Crippen molar-refractivity contribution < 1.29 is 0 Å². The molecule has 0 bridgehead atoms. The summed E-state index contributed by atoms with van der Waals surface area (Å²) in [5.41, 5.74) is 3.31. The van der Waals surface area contributed by atoms with Crippen molar-refractivity contribution in [2.75, 3.05) is 7.05 Å². The molecule has 0 atom stereocenters. The van der Waals surface area contributed by atoms with Gasteiger partial charge in [-0.1, -0.05) is 48.0 Å². The van der Waals surface area contributed by atoms with Gasteiger partial charge >= 0.3 is 0 Å². The van der Waals surface area contributed by atoms with Gasteiger partial charge in [0.1, 0.15) is 0 Å². The number of nitrogens with one attached hydrogen (secondary N) is 1. The number of hydrogen-bond acceptors (Lipinski definition) is 2. The zero-order chi connectivity index (χ0) is 13.9. The molecule has 0 spiro atoms. The number of rotatable bonds is 3. The Morgan fingerprint density at radius 2 is 1.95 bits per heavy atom. The van der Waals surface area contributed by atoms with Crippen molar-refractivity contribution in [2.24, 2.45) is 0 Å². The molecule has 3 aromatic rings. The maximum Gasteiger partial charge on any atom is 0.0457 e. The molecule has 0 fully saturated rings. The number of benzene rings is 2. The molecule has 0 aliphatic carbocycles. The first-order chi connectivity index (χ1) is 9.79. The Balaban J connectivity index is 2.14. The zero-order valence-corrected chi connectivity index (χ0v) is 12.0. The average molecular weight is 283 g/mol. The van der Waals surface area contributed by atoms with Gasteiger partial charge in [-0.3, -0.25) is 4.98 Å². The zero-order valence-electron chi connectivity index (χ0n) is 11.2. The van der Waals surface area contributed by atoms with Gasteiger partial charge in [-0.2, -0.15) is 0 Å². The van der Waals surface area contributed by atoms with Gasteiger partial charge in [0, 0.05) is 34.9 Å². The first-order valence-corrected chi connectivity index (χ1v) is 6.93. The van der Waals surface area contributed by atoms with Gasteiger partial charge in [0.25, 0.3) is 0 Å². The van der Waals surface area contributed by atoms with E-state index in [1.54, 1.807) is 0 Å². The molecular weight excluding hydrogens is 268 g/mol. The third-order valence-corrected chi connectivity index (χ3v) is 3.75. The lowest BCUT2D eigenvalue weighted by atomic mass is 10.00. The van der Waals surface area contributed by atoms with E-state index in [0.29, 0.717) is 0 Å². The Morgan fingerprint density at radius 1 is 1.10 bits per heavy atom. The molecule has 0 saturated carbocycles. The van der Waals surface area contributed by atoms with E-state index in [9.17, 15) is 0 Å². The van der Waals surface area contributed by atoms with Crippen LogP contribution in [-0.2, 0) is 6.54 Å². The molecule has 0 aliphatic rings. The number of fused-ring (bicyclic) bond motifs is 1. The van der Waals surface area contributed by atoms with E-state index >= 15 is 0 Å². The van der Waals surface area contributed by atoms with Crippen molar-refractivity contribution in [3.63, 3.8) is 0 Å². The number of hydrogen-bond donors (Lipinski definition) is 1. The molecule has 2 nitrogen and oxygen atoms in total. The molecule has 0 unspecified atom stereocenters. The number of nitrogens with zero attached hydrogens (tertiary/aromatic N) is 1. The fraction of sp³-hybridized carbons (Fsp3) is 0.118. The van der Waals surface area contributed by atoms with Crippen molar-refractivity contribution in [3.05, 3.63) is 65.4 Å². The smallest absolute Gasteiger partial charge is 0.0457 e. The molecule has 100 valence electrons. The van der Waals surface area contributed by atoms with E-state index in [0.717, 1.165) is 33.6 Å². The first kappa shape index (κ1) is 13.1. The molecular formula is C17H15ClN2. The molecule has 1 heterocycles. The van der Waals surface area contributed by atoms with Crippen LogP contribution in [0.15, 0.2) is 54.9 Å². The van der Waals surface area contributed by atoms with Gasteiger partial charge in [0.05, 0.1) is 0 Å². The molecule has 3 heteroatoms. The minimum absolute atomic E-state index is 0.771. The summed E-state index contributed by atoms with van der Waals surface area (Å²) in [5, 5.41) is 6.23. The molecule has 0 radical (unpaired) electrons. The van der Waals surface area contributed by atoms with Gasteiger partial charge < -0.3 is 5.32 Å². The van der Waals surface area contributed by atoms with E-state index < -0.39 is 0 Å². The molecule has 0 amide bonds. The largest absolute Gasteiger partial charge is 0.316 e. The maximum atomic E-state index is 6.35. The lowest BCUT2D eigenvalue weighted by Crippen LogP contribution is -2.05. The maximum absolute atomic E-state index is 6.35. The predicted octanol–water partition coefficient (Wildman–Crippen LogP) is 4.27. The second kappa shape index (κ2) is 5.61. The SMILES string of the molecule is CNCc1ccc(-c2cncc3ccccc23)cc1Cl. The van der Waals surface area contributed by atoms with Crippen LogP contribution in [0.2, 0.25) is 5.02 Å². The molecule has 3 rings (SSSR count). The van der Waals surface area contributed by atoms with Crippen LogP contribution >= 0.6 is 11.6 Å². The van der Waals surface area contributed by atoms with Gasteiger partial charge in [0.15, 0.2) is 0 Å². The van der Waals surface area contributed by atoms with Crippen molar-refractivity contribution in [3.8, 4) is 11.1 Å². The van der Waals surface area contributed by atoms with E-state index in [4.69, 9.17) is 11.6 Å². The number of pyridine rings is 1. The summed E-state index contributed by atoms with van der Waals surface area (Å²) in [6.45, 7) is 0.771. The van der Waals surface area contributed by atoms with Gasteiger partial charge in [-0.15, -0.1) is 0 Å². The summed E-state index contributed by atoms with van der Waals surface area (Å²) in [6, 6.07) is 14.4. The van der Waals surface area contributed by atoms with Crippen molar-refractivity contribution in [1.82, 2.24) is 10.3 Å². The molecule has 20 heavy (non-hydrogen) atoms. The van der Waals surface area contributed by atoms with Crippen LogP contribution in [-0.4, -0.2) is 12.0 Å². The summed E-state index contributed by atoms with van der Waals surface area (Å²) in [4.78, 5) is 4.32. The lowest BCUT2D eigenvalue weighted by Gasteiger charge is -2.09. The summed E-state index contributed by atoms with van der Waals surface area (Å²) < 4.78 is 0. The molecule has 2 aromatic carbocycles. The summed E-state index contributed by atoms with van der Waals surface area (Å²) >= 11 is 6.35. The van der Waals surface area contributed by atoms with Gasteiger partial charge in [-0.05, 0) is 29.6 Å². The van der Waals surface area contributed by atoms with Crippen LogP contribution in [0, 0.1) is 0 Å². The minimum atomic E-state index is 0.771. The van der Waals surface area contributed by atoms with Crippen molar-refractivity contribution >= 4 is 22.4 Å². The number of halogens is 1. The Morgan fingerprint density at radius 3 is 2.75 bits per heavy atom. The Labute approximate surface area is 123 Å². The second-order valence-corrected chi connectivity index (χ2v) is 5.15. The fourth-order valence-electron chi connectivity index (χ4n) is 2.40. The predicted molar refractivity (Wildman–Crippen MR) is 85.0 cm³/mol. The third kappa shape index (κ3) is 2.40. The number of aromatic nitrogens is 1. The standard InChI is InChI=1S/C17H15ClN2/c1-19-9-14-7-6-12(8-17(14)18)16-11-20-10-13-4-2-3-5-15(13)16/h2-8,10-11,19H,9H2,1H3. The van der Waals surface area contributed by atoms with Crippen molar-refractivity contribution in [1.29, 1.82) is 0 Å². The van der Waals surface area contributed by atoms with E-state index in [-0.39, 0.29) is 0 Å². The Kier molecular flexibility index (Phi) is 3.68. The summed E-state index contributed by atoms with van der Waals surface area (Å²) in [5.74, 6) is 0. The highest BCUT2D eigenvalue weighted by atomic mass is 35.5. The first-order valence-electron chi connectivity index (χ1n) is 6.56. The van der Waals surface area contributed by atoms with E-state index in [2.05, 4.69) is 34.6 Å². The van der Waals surface area contributed by atoms with Crippen LogP contribution in [0.25, 0.3) is 21.9 Å². The average Bonchev–Trinajstić information content (AvgIpc) is 2.49. The van der Waals surface area contributed by atoms with Crippen LogP contribution in [0.3, 0.4) is 0 Å². The Hall–Kier alpha value is -1.90. The van der Waals surface area contributed by atoms with Crippen LogP contribution in [0.1, 0.15) is 5.56 Å². The second-order valence-electron chi connectivity index (χ2n) is 4.74. The van der Waals surface area contributed by atoms with Crippen LogP contribution in [0.5, 0.6) is 0 Å². The molecule has 1 aromatic heterocycles. The normalized spacial score (nSPS) is 10.9. The summed E-state index contributed by atoms with van der Waals surface area (Å²) in [6.07, 6.45) is 3.78. The lowest BCUT2D eigenvalue weighted by molar-refractivity contribution is 0.818. The van der Waals surface area contributed by atoms with Crippen LogP contribution in [0.4, 0.5) is 0 Å². The summed E-state index contributed by atoms with van der Waals surface area (Å²) in [7, 11) is 1.92. The van der Waals surface area contributed by atoms with Gasteiger partial charge in [-0.25, -0.2) is 0 Å². The van der Waals surface area contributed by atoms with Crippen LogP contribution < -0.4 is 5.32 Å². The van der Waals surface area contributed by atoms with E-state index in [1.807, 2.05) is 37.6 Å².